The standard InChI is InChI=1S/C16H14BrFO3/c1-10(19)11-3-6-16(20-2)12(7-11)9-21-13-4-5-15(18)14(17)8-13/h3-8H,9H2,1-2H3. The first kappa shape index (κ1) is 15.5. The van der Waals surface area contributed by atoms with E-state index in [0.717, 1.165) is 5.56 Å². The van der Waals surface area contributed by atoms with Crippen molar-refractivity contribution in [2.45, 2.75) is 13.5 Å². The molecule has 3 nitrogen and oxygen atoms in total. The number of rotatable bonds is 5. The molecule has 2 aromatic carbocycles. The van der Waals surface area contributed by atoms with Crippen LogP contribution in [0.25, 0.3) is 0 Å². The monoisotopic (exact) mass is 352 g/mol. The van der Waals surface area contributed by atoms with Crippen LogP contribution in [0.3, 0.4) is 0 Å². The molecule has 0 unspecified atom stereocenters. The third kappa shape index (κ3) is 3.82. The van der Waals surface area contributed by atoms with Crippen LogP contribution in [0.2, 0.25) is 0 Å². The summed E-state index contributed by atoms with van der Waals surface area (Å²) in [7, 11) is 1.56. The Bertz CT molecular complexity index is 671. The van der Waals surface area contributed by atoms with Gasteiger partial charge in [-0.1, -0.05) is 0 Å². The predicted octanol–water partition coefficient (Wildman–Crippen LogP) is 4.38. The molecule has 2 rings (SSSR count). The van der Waals surface area contributed by atoms with Gasteiger partial charge in [0, 0.05) is 11.1 Å². The highest BCUT2D eigenvalue weighted by Crippen LogP contribution is 2.25. The first-order valence-electron chi connectivity index (χ1n) is 6.27. The summed E-state index contributed by atoms with van der Waals surface area (Å²) in [5, 5.41) is 0. The lowest BCUT2D eigenvalue weighted by molar-refractivity contribution is 0.101. The Morgan fingerprint density at radius 3 is 2.62 bits per heavy atom. The first-order chi connectivity index (χ1) is 10.0. The molecule has 110 valence electrons. The molecule has 0 aromatic heterocycles. The zero-order chi connectivity index (χ0) is 15.4. The molecule has 0 spiro atoms. The van der Waals surface area contributed by atoms with Gasteiger partial charge < -0.3 is 9.47 Å². The van der Waals surface area contributed by atoms with Crippen LogP contribution in [0, 0.1) is 5.82 Å². The van der Waals surface area contributed by atoms with Gasteiger partial charge in [-0.25, -0.2) is 4.39 Å². The number of ketones is 1. The minimum Gasteiger partial charge on any atom is -0.496 e. The first-order valence-corrected chi connectivity index (χ1v) is 7.06. The lowest BCUT2D eigenvalue weighted by Gasteiger charge is -2.11. The molecule has 0 aliphatic heterocycles. The van der Waals surface area contributed by atoms with Crippen molar-refractivity contribution in [3.63, 3.8) is 0 Å². The maximum atomic E-state index is 13.2. The number of hydrogen-bond donors (Lipinski definition) is 0. The van der Waals surface area contributed by atoms with Crippen LogP contribution in [0.15, 0.2) is 40.9 Å². The smallest absolute Gasteiger partial charge is 0.159 e. The van der Waals surface area contributed by atoms with Gasteiger partial charge >= 0.3 is 0 Å². The number of carbonyl (C=O) groups excluding carboxylic acids is 1. The molecule has 0 aliphatic rings. The topological polar surface area (TPSA) is 35.5 Å². The number of hydrogen-bond acceptors (Lipinski definition) is 3. The number of halogens is 2. The van der Waals surface area contributed by atoms with E-state index in [1.165, 1.54) is 13.0 Å². The summed E-state index contributed by atoms with van der Waals surface area (Å²) in [5.41, 5.74) is 1.35. The second kappa shape index (κ2) is 6.72. The molecule has 0 N–H and O–H groups in total. The van der Waals surface area contributed by atoms with Crippen molar-refractivity contribution in [3.8, 4) is 11.5 Å². The van der Waals surface area contributed by atoms with Gasteiger partial charge in [-0.2, -0.15) is 0 Å². The van der Waals surface area contributed by atoms with Crippen molar-refractivity contribution in [3.05, 3.63) is 57.8 Å². The fourth-order valence-corrected chi connectivity index (χ4v) is 2.20. The molecule has 21 heavy (non-hydrogen) atoms. The van der Waals surface area contributed by atoms with Crippen LogP contribution in [0.1, 0.15) is 22.8 Å². The zero-order valence-corrected chi connectivity index (χ0v) is 13.2. The molecule has 0 atom stereocenters. The Morgan fingerprint density at radius 1 is 1.24 bits per heavy atom. The van der Waals surface area contributed by atoms with Crippen molar-refractivity contribution in [2.24, 2.45) is 0 Å². The highest BCUT2D eigenvalue weighted by atomic mass is 79.9. The van der Waals surface area contributed by atoms with E-state index in [-0.39, 0.29) is 18.2 Å². The summed E-state index contributed by atoms with van der Waals surface area (Å²) in [6.45, 7) is 1.73. The Kier molecular flexibility index (Phi) is 4.96. The number of carbonyl (C=O) groups is 1. The number of benzene rings is 2. The highest BCUT2D eigenvalue weighted by Gasteiger charge is 2.09. The van der Waals surface area contributed by atoms with Crippen molar-refractivity contribution in [1.82, 2.24) is 0 Å². The average Bonchev–Trinajstić information content (AvgIpc) is 2.48. The Morgan fingerprint density at radius 2 is 2.00 bits per heavy atom. The maximum Gasteiger partial charge on any atom is 0.159 e. The van der Waals surface area contributed by atoms with E-state index in [0.29, 0.717) is 21.5 Å². The van der Waals surface area contributed by atoms with E-state index >= 15 is 0 Å². The van der Waals surface area contributed by atoms with E-state index < -0.39 is 0 Å². The molecule has 0 bridgehead atoms. The van der Waals surface area contributed by atoms with Gasteiger partial charge in [-0.3, -0.25) is 4.79 Å². The third-order valence-electron chi connectivity index (χ3n) is 2.97. The molecule has 2 aromatic rings. The molecular formula is C16H14BrFO3. The molecular weight excluding hydrogens is 339 g/mol. The Labute approximate surface area is 130 Å². The van der Waals surface area contributed by atoms with Gasteiger partial charge in [0.2, 0.25) is 0 Å². The van der Waals surface area contributed by atoms with Crippen LogP contribution in [0.4, 0.5) is 4.39 Å². The van der Waals surface area contributed by atoms with E-state index in [2.05, 4.69) is 15.9 Å². The molecule has 0 heterocycles. The summed E-state index contributed by atoms with van der Waals surface area (Å²) in [5.74, 6) is 0.793. The van der Waals surface area contributed by atoms with E-state index in [1.54, 1.807) is 37.4 Å². The molecule has 0 fully saturated rings. The van der Waals surface area contributed by atoms with Crippen molar-refractivity contribution in [1.29, 1.82) is 0 Å². The molecule has 0 saturated carbocycles. The number of Topliss-reactive ketones (excluding diaryl/α,β-unsaturated/α-hetero) is 1. The van der Waals surface area contributed by atoms with Gasteiger partial charge in [0.05, 0.1) is 11.6 Å². The quantitative estimate of drug-likeness (QED) is 0.749. The Hall–Kier alpha value is -1.88. The van der Waals surface area contributed by atoms with Crippen molar-refractivity contribution in [2.75, 3.05) is 7.11 Å². The second-order valence-electron chi connectivity index (χ2n) is 4.45. The lowest BCUT2D eigenvalue weighted by atomic mass is 10.1. The molecule has 5 heteroatoms. The molecule has 0 saturated heterocycles. The van der Waals surface area contributed by atoms with E-state index in [9.17, 15) is 9.18 Å². The largest absolute Gasteiger partial charge is 0.496 e. The fourth-order valence-electron chi connectivity index (χ4n) is 1.84. The second-order valence-corrected chi connectivity index (χ2v) is 5.30. The number of ether oxygens (including phenoxy) is 2. The predicted molar refractivity (Wildman–Crippen MR) is 81.4 cm³/mol. The fraction of sp³-hybridized carbons (Fsp3) is 0.188. The van der Waals surface area contributed by atoms with Gasteiger partial charge in [0.15, 0.2) is 5.78 Å². The van der Waals surface area contributed by atoms with Gasteiger partial charge in [0.25, 0.3) is 0 Å². The summed E-state index contributed by atoms with van der Waals surface area (Å²) in [6.07, 6.45) is 0. The van der Waals surface area contributed by atoms with Crippen LogP contribution >= 0.6 is 15.9 Å². The summed E-state index contributed by atoms with van der Waals surface area (Å²) in [4.78, 5) is 11.4. The van der Waals surface area contributed by atoms with Crippen molar-refractivity contribution < 1.29 is 18.7 Å². The molecule has 0 aliphatic carbocycles. The summed E-state index contributed by atoms with van der Waals surface area (Å²) >= 11 is 3.11. The van der Waals surface area contributed by atoms with Gasteiger partial charge in [-0.05, 0) is 59.3 Å². The van der Waals surface area contributed by atoms with Crippen molar-refractivity contribution >= 4 is 21.7 Å². The van der Waals surface area contributed by atoms with Gasteiger partial charge in [-0.15, -0.1) is 0 Å². The zero-order valence-electron chi connectivity index (χ0n) is 11.7. The third-order valence-corrected chi connectivity index (χ3v) is 3.58. The molecule has 0 radical (unpaired) electrons. The highest BCUT2D eigenvalue weighted by molar-refractivity contribution is 9.10. The van der Waals surface area contributed by atoms with E-state index in [1.807, 2.05) is 0 Å². The Balaban J connectivity index is 2.19. The summed E-state index contributed by atoms with van der Waals surface area (Å²) in [6, 6.07) is 9.59. The SMILES string of the molecule is COc1ccc(C(C)=O)cc1COc1ccc(F)c(Br)c1. The van der Waals surface area contributed by atoms with Crippen LogP contribution in [0.5, 0.6) is 11.5 Å². The number of methoxy groups -OCH3 is 1. The van der Waals surface area contributed by atoms with Crippen LogP contribution in [-0.2, 0) is 6.61 Å². The van der Waals surface area contributed by atoms with Crippen LogP contribution < -0.4 is 9.47 Å². The average molecular weight is 353 g/mol. The lowest BCUT2D eigenvalue weighted by Crippen LogP contribution is -2.02. The minimum absolute atomic E-state index is 0.0246. The molecule has 0 amide bonds. The van der Waals surface area contributed by atoms with Crippen LogP contribution in [-0.4, -0.2) is 12.9 Å². The maximum absolute atomic E-state index is 13.2. The normalized spacial score (nSPS) is 10.3. The van der Waals surface area contributed by atoms with E-state index in [4.69, 9.17) is 9.47 Å². The minimum atomic E-state index is -0.349. The van der Waals surface area contributed by atoms with Gasteiger partial charge in [0.1, 0.15) is 23.9 Å². The summed E-state index contributed by atoms with van der Waals surface area (Å²) < 4.78 is 24.4.